The van der Waals surface area contributed by atoms with E-state index in [-0.39, 0.29) is 5.92 Å². The first-order chi connectivity index (χ1) is 8.13. The van der Waals surface area contributed by atoms with E-state index in [0.717, 1.165) is 19.3 Å². The Morgan fingerprint density at radius 2 is 1.71 bits per heavy atom. The van der Waals surface area contributed by atoms with E-state index in [4.69, 9.17) is 4.74 Å². The molecule has 0 aromatic carbocycles. The Kier molecular flexibility index (Phi) is 10.2. The number of carbonyl (C=O) groups is 1. The maximum absolute atomic E-state index is 11.4. The summed E-state index contributed by atoms with van der Waals surface area (Å²) in [6.45, 7) is 6.45. The van der Waals surface area contributed by atoms with Gasteiger partial charge in [-0.05, 0) is 12.3 Å². The Bertz CT molecular complexity index is 192. The lowest BCUT2D eigenvalue weighted by atomic mass is 10.0. The van der Waals surface area contributed by atoms with Gasteiger partial charge >= 0.3 is 5.97 Å². The van der Waals surface area contributed by atoms with Crippen molar-refractivity contribution in [2.75, 3.05) is 6.61 Å². The number of unbranched alkanes of at least 4 members (excludes halogenated alkanes) is 5. The highest BCUT2D eigenvalue weighted by Crippen LogP contribution is 2.10. The Hall–Kier alpha value is -0.570. The van der Waals surface area contributed by atoms with Crippen LogP contribution in [-0.4, -0.2) is 23.8 Å². The zero-order valence-corrected chi connectivity index (χ0v) is 11.6. The van der Waals surface area contributed by atoms with Crippen molar-refractivity contribution in [1.29, 1.82) is 0 Å². The second-order valence-corrected chi connectivity index (χ2v) is 4.77. The van der Waals surface area contributed by atoms with Gasteiger partial charge in [0, 0.05) is 0 Å². The fourth-order valence-corrected chi connectivity index (χ4v) is 1.60. The fraction of sp³-hybridized carbons (Fsp3) is 0.929. The lowest BCUT2D eigenvalue weighted by Gasteiger charge is -2.15. The van der Waals surface area contributed by atoms with E-state index < -0.39 is 12.1 Å². The van der Waals surface area contributed by atoms with Crippen LogP contribution in [0.2, 0.25) is 0 Å². The Labute approximate surface area is 106 Å². The van der Waals surface area contributed by atoms with E-state index in [1.54, 1.807) is 0 Å². The highest BCUT2D eigenvalue weighted by molar-refractivity contribution is 5.74. The molecule has 3 nitrogen and oxygen atoms in total. The summed E-state index contributed by atoms with van der Waals surface area (Å²) in [6.07, 6.45) is 6.84. The number of esters is 1. The quantitative estimate of drug-likeness (QED) is 0.474. The molecule has 2 unspecified atom stereocenters. The number of hydrogen-bond acceptors (Lipinski definition) is 3. The summed E-state index contributed by atoms with van der Waals surface area (Å²) in [4.78, 5) is 11.4. The molecule has 0 aromatic heterocycles. The first-order valence-electron chi connectivity index (χ1n) is 6.98. The van der Waals surface area contributed by atoms with Crippen molar-refractivity contribution < 1.29 is 14.6 Å². The van der Waals surface area contributed by atoms with Crippen LogP contribution in [0.1, 0.15) is 65.7 Å². The van der Waals surface area contributed by atoms with Gasteiger partial charge in [0.15, 0.2) is 6.10 Å². The van der Waals surface area contributed by atoms with E-state index >= 15 is 0 Å². The van der Waals surface area contributed by atoms with E-state index in [0.29, 0.717) is 6.61 Å². The molecule has 0 spiro atoms. The van der Waals surface area contributed by atoms with Crippen LogP contribution in [0, 0.1) is 5.92 Å². The zero-order chi connectivity index (χ0) is 13.1. The number of aliphatic hydroxyl groups is 1. The topological polar surface area (TPSA) is 46.5 Å². The molecule has 2 atom stereocenters. The van der Waals surface area contributed by atoms with Gasteiger partial charge in [0.2, 0.25) is 0 Å². The molecule has 0 aromatic rings. The summed E-state index contributed by atoms with van der Waals surface area (Å²) in [6, 6.07) is 0. The van der Waals surface area contributed by atoms with Crippen LogP contribution >= 0.6 is 0 Å². The predicted molar refractivity (Wildman–Crippen MR) is 69.8 cm³/mol. The molecule has 0 amide bonds. The molecule has 0 bridgehead atoms. The minimum Gasteiger partial charge on any atom is -0.464 e. The summed E-state index contributed by atoms with van der Waals surface area (Å²) < 4.78 is 5.04. The molecule has 0 aliphatic heterocycles. The first kappa shape index (κ1) is 16.4. The van der Waals surface area contributed by atoms with Gasteiger partial charge < -0.3 is 9.84 Å². The number of rotatable bonds is 10. The van der Waals surface area contributed by atoms with Gasteiger partial charge in [-0.3, -0.25) is 0 Å². The lowest BCUT2D eigenvalue weighted by Crippen LogP contribution is -2.29. The van der Waals surface area contributed by atoms with Crippen LogP contribution in [-0.2, 0) is 9.53 Å². The molecule has 0 rings (SSSR count). The van der Waals surface area contributed by atoms with Gasteiger partial charge in [0.25, 0.3) is 0 Å². The smallest absolute Gasteiger partial charge is 0.335 e. The molecule has 102 valence electrons. The van der Waals surface area contributed by atoms with Crippen LogP contribution < -0.4 is 0 Å². The van der Waals surface area contributed by atoms with Crippen molar-refractivity contribution in [3.63, 3.8) is 0 Å². The first-order valence-corrected chi connectivity index (χ1v) is 6.98. The average Bonchev–Trinajstić information content (AvgIpc) is 2.35. The molecule has 0 saturated carbocycles. The predicted octanol–water partition coefficient (Wildman–Crippen LogP) is 3.30. The van der Waals surface area contributed by atoms with Crippen LogP contribution in [0.3, 0.4) is 0 Å². The molecule has 17 heavy (non-hydrogen) atoms. The maximum atomic E-state index is 11.4. The molecular weight excluding hydrogens is 216 g/mol. The standard InChI is InChI=1S/C14H28O3/c1-4-6-7-8-9-10-11-17-14(16)13(15)12(3)5-2/h12-13,15H,4-11H2,1-3H3. The normalized spacial score (nSPS) is 14.4. The number of ether oxygens (including phenoxy) is 1. The van der Waals surface area contributed by atoms with Crippen molar-refractivity contribution in [1.82, 2.24) is 0 Å². The second-order valence-electron chi connectivity index (χ2n) is 4.77. The molecule has 1 N–H and O–H groups in total. The molecule has 0 aliphatic rings. The zero-order valence-electron chi connectivity index (χ0n) is 11.6. The van der Waals surface area contributed by atoms with E-state index in [9.17, 15) is 9.90 Å². The van der Waals surface area contributed by atoms with E-state index in [1.165, 1.54) is 25.7 Å². The monoisotopic (exact) mass is 244 g/mol. The van der Waals surface area contributed by atoms with Crippen LogP contribution in [0.5, 0.6) is 0 Å². The molecular formula is C14H28O3. The highest BCUT2D eigenvalue weighted by atomic mass is 16.5. The highest BCUT2D eigenvalue weighted by Gasteiger charge is 2.21. The van der Waals surface area contributed by atoms with E-state index in [2.05, 4.69) is 6.92 Å². The summed E-state index contributed by atoms with van der Waals surface area (Å²) in [7, 11) is 0. The molecule has 3 heteroatoms. The van der Waals surface area contributed by atoms with Crippen LogP contribution in [0.4, 0.5) is 0 Å². The van der Waals surface area contributed by atoms with E-state index in [1.807, 2.05) is 13.8 Å². The third-order valence-electron chi connectivity index (χ3n) is 3.17. The van der Waals surface area contributed by atoms with Gasteiger partial charge in [-0.25, -0.2) is 4.79 Å². The number of aliphatic hydroxyl groups excluding tert-OH is 1. The van der Waals surface area contributed by atoms with Crippen LogP contribution in [0.25, 0.3) is 0 Å². The third kappa shape index (κ3) is 8.19. The summed E-state index contributed by atoms with van der Waals surface area (Å²) in [5.41, 5.74) is 0. The second kappa shape index (κ2) is 10.6. The average molecular weight is 244 g/mol. The molecule has 0 fully saturated rings. The maximum Gasteiger partial charge on any atom is 0.335 e. The van der Waals surface area contributed by atoms with Gasteiger partial charge in [-0.2, -0.15) is 0 Å². The summed E-state index contributed by atoms with van der Waals surface area (Å²) in [5.74, 6) is -0.486. The van der Waals surface area contributed by atoms with Gasteiger partial charge in [0.05, 0.1) is 6.61 Å². The van der Waals surface area contributed by atoms with Gasteiger partial charge in [0.1, 0.15) is 0 Å². The summed E-state index contributed by atoms with van der Waals surface area (Å²) >= 11 is 0. The lowest BCUT2D eigenvalue weighted by molar-refractivity contribution is -0.156. The Morgan fingerprint density at radius 3 is 2.29 bits per heavy atom. The number of carbonyl (C=O) groups excluding carboxylic acids is 1. The molecule has 0 aliphatic carbocycles. The van der Waals surface area contributed by atoms with Crippen LogP contribution in [0.15, 0.2) is 0 Å². The SMILES string of the molecule is CCCCCCCCOC(=O)C(O)C(C)CC. The van der Waals surface area contributed by atoms with Crippen molar-refractivity contribution in [2.24, 2.45) is 5.92 Å². The van der Waals surface area contributed by atoms with Crippen molar-refractivity contribution in [3.8, 4) is 0 Å². The minimum atomic E-state index is -0.958. The minimum absolute atomic E-state index is 0.0212. The Balaban J connectivity index is 3.45. The fourth-order valence-electron chi connectivity index (χ4n) is 1.60. The largest absolute Gasteiger partial charge is 0.464 e. The molecule has 0 radical (unpaired) electrons. The summed E-state index contributed by atoms with van der Waals surface area (Å²) in [5, 5.41) is 9.58. The van der Waals surface area contributed by atoms with Crippen molar-refractivity contribution in [2.45, 2.75) is 71.8 Å². The third-order valence-corrected chi connectivity index (χ3v) is 3.17. The molecule has 0 saturated heterocycles. The van der Waals surface area contributed by atoms with Gasteiger partial charge in [-0.15, -0.1) is 0 Å². The Morgan fingerprint density at radius 1 is 1.12 bits per heavy atom. The van der Waals surface area contributed by atoms with Gasteiger partial charge in [-0.1, -0.05) is 59.3 Å². The number of hydrogen-bond donors (Lipinski definition) is 1. The molecule has 0 heterocycles. The van der Waals surface area contributed by atoms with Crippen molar-refractivity contribution >= 4 is 5.97 Å². The van der Waals surface area contributed by atoms with Crippen molar-refractivity contribution in [3.05, 3.63) is 0 Å².